The lowest BCUT2D eigenvalue weighted by Crippen LogP contribution is -2.47. The van der Waals surface area contributed by atoms with Crippen LogP contribution in [0.2, 0.25) is 0 Å². The lowest BCUT2D eigenvalue weighted by atomic mass is 9.77. The summed E-state index contributed by atoms with van der Waals surface area (Å²) in [6, 6.07) is 8.52. The quantitative estimate of drug-likeness (QED) is 0.805. The number of rotatable bonds is 2. The van der Waals surface area contributed by atoms with E-state index in [0.717, 1.165) is 25.7 Å². The lowest BCUT2D eigenvalue weighted by molar-refractivity contribution is -0.123. The summed E-state index contributed by atoms with van der Waals surface area (Å²) in [5.41, 5.74) is 8.47. The van der Waals surface area contributed by atoms with Crippen LogP contribution in [0, 0.1) is 0 Å². The van der Waals surface area contributed by atoms with Crippen molar-refractivity contribution in [3.05, 3.63) is 35.4 Å². The Hall–Kier alpha value is -1.35. The molecule has 3 N–H and O–H groups in total. The zero-order chi connectivity index (χ0) is 11.8. The molecule has 2 aliphatic rings. The molecule has 0 radical (unpaired) electrons. The van der Waals surface area contributed by atoms with Crippen molar-refractivity contribution in [1.82, 2.24) is 5.32 Å². The molecule has 1 fully saturated rings. The van der Waals surface area contributed by atoms with Crippen molar-refractivity contribution in [1.29, 1.82) is 0 Å². The van der Waals surface area contributed by atoms with E-state index < -0.39 is 0 Å². The van der Waals surface area contributed by atoms with Crippen molar-refractivity contribution in [2.75, 3.05) is 0 Å². The highest BCUT2D eigenvalue weighted by Gasteiger charge is 2.34. The van der Waals surface area contributed by atoms with Gasteiger partial charge in [0.1, 0.15) is 0 Å². The molecule has 1 aromatic carbocycles. The lowest BCUT2D eigenvalue weighted by Gasteiger charge is -2.30. The molecule has 3 atom stereocenters. The van der Waals surface area contributed by atoms with E-state index in [2.05, 4.69) is 17.4 Å². The molecule has 0 saturated heterocycles. The molecule has 90 valence electrons. The van der Waals surface area contributed by atoms with Gasteiger partial charge in [0.25, 0.3) is 0 Å². The highest BCUT2D eigenvalue weighted by Crippen LogP contribution is 2.35. The third-order valence-corrected chi connectivity index (χ3v) is 4.07. The first-order chi connectivity index (χ1) is 8.25. The second-order valence-electron chi connectivity index (χ2n) is 5.17. The van der Waals surface area contributed by atoms with E-state index in [9.17, 15) is 4.79 Å². The molecule has 3 nitrogen and oxygen atoms in total. The highest BCUT2D eigenvalue weighted by molar-refractivity contribution is 5.87. The Morgan fingerprint density at radius 1 is 1.29 bits per heavy atom. The van der Waals surface area contributed by atoms with Crippen LogP contribution >= 0.6 is 0 Å². The molecular formula is C14H18N2O. The van der Waals surface area contributed by atoms with E-state index >= 15 is 0 Å². The average Bonchev–Trinajstić information content (AvgIpc) is 2.66. The van der Waals surface area contributed by atoms with Crippen LogP contribution in [-0.2, 0) is 11.2 Å². The molecule has 3 unspecified atom stereocenters. The molecule has 0 aliphatic heterocycles. The first-order valence-corrected chi connectivity index (χ1v) is 6.39. The fourth-order valence-electron chi connectivity index (χ4n) is 2.94. The van der Waals surface area contributed by atoms with Crippen molar-refractivity contribution in [3.63, 3.8) is 0 Å². The summed E-state index contributed by atoms with van der Waals surface area (Å²) in [6.45, 7) is 0. The Morgan fingerprint density at radius 3 is 2.82 bits per heavy atom. The van der Waals surface area contributed by atoms with Gasteiger partial charge in [-0.3, -0.25) is 4.79 Å². The molecule has 3 heteroatoms. The third-order valence-electron chi connectivity index (χ3n) is 4.07. The molecule has 0 aromatic heterocycles. The summed E-state index contributed by atoms with van der Waals surface area (Å²) in [7, 11) is 0. The first-order valence-electron chi connectivity index (χ1n) is 6.39. The second kappa shape index (κ2) is 4.15. The van der Waals surface area contributed by atoms with E-state index in [0.29, 0.717) is 0 Å². The van der Waals surface area contributed by atoms with Gasteiger partial charge in [-0.1, -0.05) is 24.3 Å². The Kier molecular flexibility index (Phi) is 2.63. The maximum Gasteiger partial charge on any atom is 0.228 e. The van der Waals surface area contributed by atoms with Crippen molar-refractivity contribution in [2.45, 2.75) is 43.7 Å². The zero-order valence-electron chi connectivity index (χ0n) is 9.86. The van der Waals surface area contributed by atoms with E-state index in [1.54, 1.807) is 0 Å². The van der Waals surface area contributed by atoms with E-state index in [-0.39, 0.29) is 23.9 Å². The van der Waals surface area contributed by atoms with Crippen LogP contribution in [0.25, 0.3) is 0 Å². The largest absolute Gasteiger partial charge is 0.351 e. The van der Waals surface area contributed by atoms with Gasteiger partial charge in [0.05, 0.1) is 5.92 Å². The number of nitrogens with one attached hydrogen (secondary N) is 1. The van der Waals surface area contributed by atoms with Gasteiger partial charge in [-0.25, -0.2) is 0 Å². The second-order valence-corrected chi connectivity index (χ2v) is 5.17. The van der Waals surface area contributed by atoms with Crippen LogP contribution in [0.4, 0.5) is 0 Å². The number of hydrogen-bond donors (Lipinski definition) is 2. The molecule has 0 bridgehead atoms. The SMILES string of the molecule is NC1CCCC1NC(=O)C1Cc2ccccc21. The van der Waals surface area contributed by atoms with Crippen molar-refractivity contribution < 1.29 is 4.79 Å². The van der Waals surface area contributed by atoms with Gasteiger partial charge in [-0.2, -0.15) is 0 Å². The minimum Gasteiger partial charge on any atom is -0.351 e. The molecule has 1 aromatic rings. The highest BCUT2D eigenvalue weighted by atomic mass is 16.2. The van der Waals surface area contributed by atoms with Crippen LogP contribution in [0.3, 0.4) is 0 Å². The summed E-state index contributed by atoms with van der Waals surface area (Å²) < 4.78 is 0. The van der Waals surface area contributed by atoms with Crippen LogP contribution in [0.15, 0.2) is 24.3 Å². The Bertz CT molecular complexity index is 444. The minimum atomic E-state index is 0.0546. The molecule has 3 rings (SSSR count). The van der Waals surface area contributed by atoms with Gasteiger partial charge in [-0.05, 0) is 36.8 Å². The Balaban J connectivity index is 1.65. The van der Waals surface area contributed by atoms with E-state index in [4.69, 9.17) is 5.73 Å². The Labute approximate surface area is 101 Å². The predicted molar refractivity (Wildman–Crippen MR) is 66.6 cm³/mol. The molecular weight excluding hydrogens is 212 g/mol. The first kappa shape index (κ1) is 10.8. The molecule has 1 amide bonds. The number of carbonyl (C=O) groups is 1. The predicted octanol–water partition coefficient (Wildman–Crippen LogP) is 1.32. The maximum absolute atomic E-state index is 12.1. The summed E-state index contributed by atoms with van der Waals surface area (Å²) >= 11 is 0. The molecule has 17 heavy (non-hydrogen) atoms. The van der Waals surface area contributed by atoms with Gasteiger partial charge in [0.2, 0.25) is 5.91 Å². The number of nitrogens with two attached hydrogens (primary N) is 1. The number of hydrogen-bond acceptors (Lipinski definition) is 2. The van der Waals surface area contributed by atoms with E-state index in [1.807, 2.05) is 12.1 Å². The van der Waals surface area contributed by atoms with E-state index in [1.165, 1.54) is 11.1 Å². The number of amides is 1. The van der Waals surface area contributed by atoms with Gasteiger partial charge in [0, 0.05) is 12.1 Å². The summed E-state index contributed by atoms with van der Waals surface area (Å²) in [5.74, 6) is 0.213. The Morgan fingerprint density at radius 2 is 2.12 bits per heavy atom. The van der Waals surface area contributed by atoms with Gasteiger partial charge < -0.3 is 11.1 Å². The zero-order valence-corrected chi connectivity index (χ0v) is 9.86. The molecule has 0 spiro atoms. The van der Waals surface area contributed by atoms with Crippen LogP contribution < -0.4 is 11.1 Å². The van der Waals surface area contributed by atoms with Crippen molar-refractivity contribution in [2.24, 2.45) is 5.73 Å². The third kappa shape index (κ3) is 1.84. The number of carbonyl (C=O) groups excluding carboxylic acids is 1. The normalized spacial score (nSPS) is 30.5. The summed E-state index contributed by atoms with van der Waals surface area (Å²) in [6.07, 6.45) is 4.07. The smallest absolute Gasteiger partial charge is 0.228 e. The number of fused-ring (bicyclic) bond motifs is 1. The maximum atomic E-state index is 12.1. The van der Waals surface area contributed by atoms with Gasteiger partial charge >= 0.3 is 0 Å². The molecule has 2 aliphatic carbocycles. The average molecular weight is 230 g/mol. The minimum absolute atomic E-state index is 0.0546. The fourth-order valence-corrected chi connectivity index (χ4v) is 2.94. The topological polar surface area (TPSA) is 55.1 Å². The monoisotopic (exact) mass is 230 g/mol. The summed E-state index contributed by atoms with van der Waals surface area (Å²) in [5, 5.41) is 3.11. The van der Waals surface area contributed by atoms with Crippen molar-refractivity contribution in [3.8, 4) is 0 Å². The van der Waals surface area contributed by atoms with Gasteiger partial charge in [0.15, 0.2) is 0 Å². The molecule has 1 saturated carbocycles. The molecule has 0 heterocycles. The standard InChI is InChI=1S/C14H18N2O/c15-12-6-3-7-13(12)16-14(17)11-8-9-4-1-2-5-10(9)11/h1-2,4-5,11-13H,3,6-8,15H2,(H,16,17). The fraction of sp³-hybridized carbons (Fsp3) is 0.500. The van der Waals surface area contributed by atoms with Crippen molar-refractivity contribution >= 4 is 5.91 Å². The van der Waals surface area contributed by atoms with Crippen LogP contribution in [0.1, 0.15) is 36.3 Å². The van der Waals surface area contributed by atoms with Crippen LogP contribution in [0.5, 0.6) is 0 Å². The van der Waals surface area contributed by atoms with Gasteiger partial charge in [-0.15, -0.1) is 0 Å². The number of benzene rings is 1. The van der Waals surface area contributed by atoms with Crippen LogP contribution in [-0.4, -0.2) is 18.0 Å². The summed E-state index contributed by atoms with van der Waals surface area (Å²) in [4.78, 5) is 12.1.